The number of hydrogen-bond acceptors (Lipinski definition) is 5. The molecule has 0 bridgehead atoms. The zero-order valence-electron chi connectivity index (χ0n) is 20.6. The van der Waals surface area contributed by atoms with E-state index in [2.05, 4.69) is 5.32 Å². The largest absolute Gasteiger partial charge is 0.417 e. The normalized spacial score (nSPS) is 13.7. The van der Waals surface area contributed by atoms with Crippen molar-refractivity contribution in [2.24, 2.45) is 0 Å². The summed E-state index contributed by atoms with van der Waals surface area (Å²) in [4.78, 5) is 12.4. The lowest BCUT2D eigenvalue weighted by Crippen LogP contribution is -2.40. The molecule has 0 spiro atoms. The van der Waals surface area contributed by atoms with Gasteiger partial charge in [-0.3, -0.25) is 4.79 Å². The number of nitrogens with zero attached hydrogens (tertiary/aromatic N) is 1. The Hall–Kier alpha value is -2.12. The first-order valence-corrected chi connectivity index (χ1v) is 14.0. The fraction of sp³-hybridized carbons (Fsp3) is 0.680. The van der Waals surface area contributed by atoms with E-state index in [0.29, 0.717) is 25.3 Å². The lowest BCUT2D eigenvalue weighted by atomic mass is 9.96. The van der Waals surface area contributed by atoms with E-state index in [4.69, 9.17) is 5.26 Å². The molecular formula is C25H37F3N2O4S. The third-order valence-electron chi connectivity index (χ3n) is 5.87. The van der Waals surface area contributed by atoms with Crippen LogP contribution in [0.2, 0.25) is 0 Å². The molecule has 1 atom stereocenters. The number of anilines is 1. The van der Waals surface area contributed by atoms with Crippen LogP contribution in [0.3, 0.4) is 0 Å². The zero-order chi connectivity index (χ0) is 26.5. The predicted octanol–water partition coefficient (Wildman–Crippen LogP) is 5.99. The second-order valence-corrected chi connectivity index (χ2v) is 11.5. The third kappa shape index (κ3) is 11.9. The summed E-state index contributed by atoms with van der Waals surface area (Å²) in [6, 6.07) is 4.35. The Labute approximate surface area is 206 Å². The summed E-state index contributed by atoms with van der Waals surface area (Å²) in [6.07, 6.45) is 3.81. The highest BCUT2D eigenvalue weighted by atomic mass is 32.2. The number of nitriles is 1. The number of benzene rings is 1. The molecule has 0 saturated heterocycles. The minimum Gasteiger partial charge on any atom is -0.380 e. The Morgan fingerprint density at radius 2 is 1.54 bits per heavy atom. The molecule has 0 saturated carbocycles. The van der Waals surface area contributed by atoms with Gasteiger partial charge in [-0.15, -0.1) is 0 Å². The van der Waals surface area contributed by atoms with Crippen molar-refractivity contribution in [2.45, 2.75) is 96.3 Å². The van der Waals surface area contributed by atoms with E-state index in [1.54, 1.807) is 0 Å². The van der Waals surface area contributed by atoms with Crippen LogP contribution in [-0.2, 0) is 20.8 Å². The number of alkyl halides is 3. The van der Waals surface area contributed by atoms with Gasteiger partial charge in [0.15, 0.2) is 0 Å². The van der Waals surface area contributed by atoms with Crippen LogP contribution in [0.1, 0.15) is 95.6 Å². The number of aliphatic hydroxyl groups is 1. The summed E-state index contributed by atoms with van der Waals surface area (Å²) in [5, 5.41) is 21.6. The van der Waals surface area contributed by atoms with E-state index in [1.165, 1.54) is 19.1 Å². The van der Waals surface area contributed by atoms with Crippen molar-refractivity contribution < 1.29 is 31.5 Å². The molecule has 0 fully saturated rings. The lowest BCUT2D eigenvalue weighted by molar-refractivity contribution is -0.138. The van der Waals surface area contributed by atoms with Gasteiger partial charge >= 0.3 is 6.18 Å². The summed E-state index contributed by atoms with van der Waals surface area (Å²) in [5.41, 5.74) is -3.56. The Bertz CT molecular complexity index is 954. The predicted molar refractivity (Wildman–Crippen MR) is 131 cm³/mol. The van der Waals surface area contributed by atoms with Crippen LogP contribution < -0.4 is 5.32 Å². The maximum atomic E-state index is 13.1. The van der Waals surface area contributed by atoms with Crippen LogP contribution in [0, 0.1) is 11.3 Å². The van der Waals surface area contributed by atoms with Gasteiger partial charge in [0, 0.05) is 5.69 Å². The van der Waals surface area contributed by atoms with Crippen molar-refractivity contribution >= 4 is 21.4 Å². The number of carbonyl (C=O) groups is 1. The van der Waals surface area contributed by atoms with Gasteiger partial charge in [0.2, 0.25) is 0 Å². The average Bonchev–Trinajstić information content (AvgIpc) is 2.78. The van der Waals surface area contributed by atoms with Gasteiger partial charge in [0.1, 0.15) is 15.4 Å². The molecule has 1 amide bonds. The van der Waals surface area contributed by atoms with Crippen LogP contribution in [0.15, 0.2) is 18.2 Å². The SMILES string of the molecule is CCCCS(=O)(=O)CCCCCCCCCC[C@](C)(O)C(=O)Nc1ccc(C#N)c(C(F)(F)F)c1. The summed E-state index contributed by atoms with van der Waals surface area (Å²) in [6.45, 7) is 3.30. The molecule has 6 nitrogen and oxygen atoms in total. The van der Waals surface area contributed by atoms with Crippen molar-refractivity contribution in [3.05, 3.63) is 29.3 Å². The van der Waals surface area contributed by atoms with Crippen molar-refractivity contribution in [1.29, 1.82) is 5.26 Å². The smallest absolute Gasteiger partial charge is 0.380 e. The molecule has 35 heavy (non-hydrogen) atoms. The second-order valence-electron chi connectivity index (χ2n) is 9.18. The highest BCUT2D eigenvalue weighted by Gasteiger charge is 2.35. The molecule has 0 heterocycles. The number of hydrogen-bond donors (Lipinski definition) is 2. The van der Waals surface area contributed by atoms with Gasteiger partial charge in [-0.25, -0.2) is 8.42 Å². The van der Waals surface area contributed by atoms with E-state index in [1.807, 2.05) is 6.92 Å². The molecule has 0 aliphatic rings. The Morgan fingerprint density at radius 1 is 1.00 bits per heavy atom. The summed E-state index contributed by atoms with van der Waals surface area (Å²) < 4.78 is 62.9. The van der Waals surface area contributed by atoms with Crippen molar-refractivity contribution in [2.75, 3.05) is 16.8 Å². The minimum absolute atomic E-state index is 0.139. The molecule has 0 aliphatic carbocycles. The van der Waals surface area contributed by atoms with Crippen LogP contribution in [-0.4, -0.2) is 36.5 Å². The summed E-state index contributed by atoms with van der Waals surface area (Å²) >= 11 is 0. The number of unbranched alkanes of at least 4 members (excludes halogenated alkanes) is 8. The van der Waals surface area contributed by atoms with Crippen LogP contribution in [0.4, 0.5) is 18.9 Å². The van der Waals surface area contributed by atoms with Crippen LogP contribution in [0.25, 0.3) is 0 Å². The van der Waals surface area contributed by atoms with Crippen molar-refractivity contribution in [1.82, 2.24) is 0 Å². The quantitative estimate of drug-likeness (QED) is 0.261. The van der Waals surface area contributed by atoms with E-state index in [-0.39, 0.29) is 23.6 Å². The standard InChI is InChI=1S/C25H37F3N2O4S/c1-3-4-16-35(33,34)17-12-10-8-6-5-7-9-11-15-24(2,32)23(31)30-21-14-13-20(19-29)22(18-21)25(26,27)28/h13-14,18,32H,3-12,15-17H2,1-2H3,(H,30,31)/t24-/m0/s1. The van der Waals surface area contributed by atoms with E-state index in [9.17, 15) is 31.5 Å². The highest BCUT2D eigenvalue weighted by molar-refractivity contribution is 7.91. The summed E-state index contributed by atoms with van der Waals surface area (Å²) in [5.74, 6) is -0.276. The molecule has 1 aromatic carbocycles. The number of rotatable bonds is 16. The van der Waals surface area contributed by atoms with E-state index >= 15 is 0 Å². The number of sulfone groups is 1. The molecule has 10 heteroatoms. The van der Waals surface area contributed by atoms with E-state index < -0.39 is 38.6 Å². The van der Waals surface area contributed by atoms with Crippen LogP contribution >= 0.6 is 0 Å². The van der Waals surface area contributed by atoms with Gasteiger partial charge in [-0.1, -0.05) is 58.3 Å². The average molecular weight is 519 g/mol. The zero-order valence-corrected chi connectivity index (χ0v) is 21.4. The monoisotopic (exact) mass is 518 g/mol. The molecule has 0 unspecified atom stereocenters. The number of carbonyl (C=O) groups excluding carboxylic acids is 1. The molecule has 0 aromatic heterocycles. The Balaban J connectivity index is 2.31. The Kier molecular flexibility index (Phi) is 12.8. The first kappa shape index (κ1) is 30.9. The fourth-order valence-corrected chi connectivity index (χ4v) is 5.23. The van der Waals surface area contributed by atoms with Crippen molar-refractivity contribution in [3.63, 3.8) is 0 Å². The number of halogens is 3. The molecule has 2 N–H and O–H groups in total. The van der Waals surface area contributed by atoms with Gasteiger partial charge in [0.05, 0.1) is 28.7 Å². The van der Waals surface area contributed by atoms with Gasteiger partial charge in [0.25, 0.3) is 5.91 Å². The first-order chi connectivity index (χ1) is 16.3. The Morgan fingerprint density at radius 3 is 2.09 bits per heavy atom. The second kappa shape index (κ2) is 14.4. The molecule has 0 aliphatic heterocycles. The maximum Gasteiger partial charge on any atom is 0.417 e. The topological polar surface area (TPSA) is 107 Å². The minimum atomic E-state index is -4.74. The van der Waals surface area contributed by atoms with Crippen molar-refractivity contribution in [3.8, 4) is 6.07 Å². The van der Waals surface area contributed by atoms with Gasteiger partial charge in [-0.05, 0) is 44.4 Å². The number of amides is 1. The first-order valence-electron chi connectivity index (χ1n) is 12.2. The van der Waals surface area contributed by atoms with Gasteiger partial charge < -0.3 is 10.4 Å². The lowest BCUT2D eigenvalue weighted by Gasteiger charge is -2.22. The van der Waals surface area contributed by atoms with Crippen LogP contribution in [0.5, 0.6) is 0 Å². The molecule has 1 rings (SSSR count). The number of nitrogens with one attached hydrogen (secondary N) is 1. The van der Waals surface area contributed by atoms with Gasteiger partial charge in [-0.2, -0.15) is 18.4 Å². The maximum absolute atomic E-state index is 13.1. The molecule has 198 valence electrons. The summed E-state index contributed by atoms with van der Waals surface area (Å²) in [7, 11) is -2.92. The molecule has 0 radical (unpaired) electrons. The third-order valence-corrected chi connectivity index (χ3v) is 7.69. The van der Waals surface area contributed by atoms with E-state index in [0.717, 1.165) is 51.0 Å². The molecule has 1 aromatic rings. The highest BCUT2D eigenvalue weighted by Crippen LogP contribution is 2.33. The fourth-order valence-electron chi connectivity index (χ4n) is 3.65. The molecular weight excluding hydrogens is 481 g/mol.